The third-order valence-corrected chi connectivity index (χ3v) is 4.33. The van der Waals surface area contributed by atoms with E-state index in [1.165, 1.54) is 0 Å². The number of thioether (sulfide) groups is 1. The molecule has 3 rings (SSSR count). The van der Waals surface area contributed by atoms with Gasteiger partial charge in [-0.25, -0.2) is 0 Å². The van der Waals surface area contributed by atoms with Crippen LogP contribution in [0.3, 0.4) is 0 Å². The molecule has 0 bridgehead atoms. The third kappa shape index (κ3) is 3.65. The van der Waals surface area contributed by atoms with E-state index in [0.717, 1.165) is 21.8 Å². The first-order valence-corrected chi connectivity index (χ1v) is 8.59. The molecule has 5 nitrogen and oxygen atoms in total. The van der Waals surface area contributed by atoms with Crippen molar-refractivity contribution in [3.05, 3.63) is 59.7 Å². The van der Waals surface area contributed by atoms with Gasteiger partial charge in [0, 0.05) is 10.5 Å². The number of carbonyl (C=O) groups is 1. The number of benzene rings is 2. The lowest BCUT2D eigenvalue weighted by atomic mass is 10.1. The smallest absolute Gasteiger partial charge is 0.322 e. The minimum atomic E-state index is -0.259. The normalized spacial score (nSPS) is 10.6. The van der Waals surface area contributed by atoms with E-state index in [1.807, 2.05) is 56.3 Å². The fourth-order valence-corrected chi connectivity index (χ4v) is 2.99. The molecule has 1 aromatic heterocycles. The van der Waals surface area contributed by atoms with Gasteiger partial charge in [0.2, 0.25) is 5.89 Å². The van der Waals surface area contributed by atoms with E-state index in [2.05, 4.69) is 15.5 Å². The van der Waals surface area contributed by atoms with Crippen LogP contribution in [0.2, 0.25) is 0 Å². The quantitative estimate of drug-likeness (QED) is 0.697. The Morgan fingerprint density at radius 1 is 1.12 bits per heavy atom. The van der Waals surface area contributed by atoms with Crippen LogP contribution in [0.25, 0.3) is 11.5 Å². The lowest BCUT2D eigenvalue weighted by molar-refractivity contribution is 0.102. The van der Waals surface area contributed by atoms with Crippen molar-refractivity contribution in [3.8, 4) is 11.5 Å². The van der Waals surface area contributed by atoms with Crippen LogP contribution < -0.4 is 5.32 Å². The number of rotatable bonds is 5. The predicted octanol–water partition coefficient (Wildman–Crippen LogP) is 4.41. The first kappa shape index (κ1) is 16.3. The first-order chi connectivity index (χ1) is 11.7. The molecule has 2 aromatic carbocycles. The molecule has 0 fully saturated rings. The predicted molar refractivity (Wildman–Crippen MR) is 95.3 cm³/mol. The van der Waals surface area contributed by atoms with Crippen LogP contribution in [-0.4, -0.2) is 21.9 Å². The van der Waals surface area contributed by atoms with Gasteiger partial charge in [0.25, 0.3) is 5.91 Å². The number of hydrogen-bond acceptors (Lipinski definition) is 5. The fourth-order valence-electron chi connectivity index (χ4n) is 2.19. The summed E-state index contributed by atoms with van der Waals surface area (Å²) in [6.45, 7) is 4.06. The summed E-state index contributed by atoms with van der Waals surface area (Å²) in [5, 5.41) is 10.6. The van der Waals surface area contributed by atoms with Crippen molar-refractivity contribution in [1.82, 2.24) is 10.2 Å². The fraction of sp³-hybridized carbons (Fsp3) is 0.167. The van der Waals surface area contributed by atoms with Crippen LogP contribution in [-0.2, 0) is 0 Å². The first-order valence-electron chi connectivity index (χ1n) is 7.61. The Labute approximate surface area is 144 Å². The number of anilines is 1. The average molecular weight is 339 g/mol. The summed E-state index contributed by atoms with van der Waals surface area (Å²) in [6.07, 6.45) is 0. The van der Waals surface area contributed by atoms with Crippen molar-refractivity contribution in [1.29, 1.82) is 0 Å². The molecule has 0 unspecified atom stereocenters. The summed E-state index contributed by atoms with van der Waals surface area (Å²) >= 11 is 1.62. The monoisotopic (exact) mass is 339 g/mol. The van der Waals surface area contributed by atoms with Gasteiger partial charge < -0.3 is 4.42 Å². The van der Waals surface area contributed by atoms with Crippen LogP contribution in [0.4, 0.5) is 6.01 Å². The van der Waals surface area contributed by atoms with Crippen molar-refractivity contribution in [2.75, 3.05) is 11.1 Å². The zero-order valence-corrected chi connectivity index (χ0v) is 14.3. The van der Waals surface area contributed by atoms with E-state index < -0.39 is 0 Å². The van der Waals surface area contributed by atoms with Gasteiger partial charge in [-0.15, -0.1) is 16.9 Å². The van der Waals surface area contributed by atoms with E-state index in [0.29, 0.717) is 11.5 Å². The molecular formula is C18H17N3O2S. The van der Waals surface area contributed by atoms with Gasteiger partial charge in [0.15, 0.2) is 0 Å². The van der Waals surface area contributed by atoms with Gasteiger partial charge in [0.05, 0.1) is 5.56 Å². The minimum absolute atomic E-state index is 0.0897. The summed E-state index contributed by atoms with van der Waals surface area (Å²) < 4.78 is 5.54. The summed E-state index contributed by atoms with van der Waals surface area (Å²) in [7, 11) is 0. The average Bonchev–Trinajstić information content (AvgIpc) is 3.05. The summed E-state index contributed by atoms with van der Waals surface area (Å²) in [4.78, 5) is 13.4. The van der Waals surface area contributed by atoms with Gasteiger partial charge in [-0.3, -0.25) is 10.1 Å². The van der Waals surface area contributed by atoms with Crippen LogP contribution in [0.15, 0.2) is 57.8 Å². The van der Waals surface area contributed by atoms with Crippen molar-refractivity contribution >= 4 is 23.7 Å². The van der Waals surface area contributed by atoms with Gasteiger partial charge in [-0.2, -0.15) is 0 Å². The Hall–Kier alpha value is -2.60. The lowest BCUT2D eigenvalue weighted by Crippen LogP contribution is -2.13. The zero-order valence-electron chi connectivity index (χ0n) is 13.4. The molecule has 0 atom stereocenters. The molecule has 1 N–H and O–H groups in total. The maximum absolute atomic E-state index is 12.4. The maximum atomic E-state index is 12.4. The number of nitrogens with zero attached hydrogens (tertiary/aromatic N) is 2. The van der Waals surface area contributed by atoms with Crippen molar-refractivity contribution in [2.24, 2.45) is 0 Å². The molecule has 0 saturated carbocycles. The second kappa shape index (κ2) is 7.31. The highest BCUT2D eigenvalue weighted by molar-refractivity contribution is 7.99. The van der Waals surface area contributed by atoms with Crippen LogP contribution in [0, 0.1) is 6.92 Å². The Kier molecular flexibility index (Phi) is 4.96. The Bertz CT molecular complexity index is 843. The summed E-state index contributed by atoms with van der Waals surface area (Å²) in [5.74, 6) is 1.01. The number of hydrogen-bond donors (Lipinski definition) is 1. The van der Waals surface area contributed by atoms with Crippen molar-refractivity contribution in [2.45, 2.75) is 18.7 Å². The number of nitrogens with one attached hydrogen (secondary N) is 1. The number of aromatic nitrogens is 2. The van der Waals surface area contributed by atoms with E-state index in [4.69, 9.17) is 4.42 Å². The standard InChI is InChI=1S/C18H17N3O2S/c1-3-24-15-7-5-4-6-14(15)16(22)19-18-21-20-17(23-18)13-10-8-12(2)9-11-13/h4-11H,3H2,1-2H3,(H,19,21,22). The molecule has 24 heavy (non-hydrogen) atoms. The molecule has 6 heteroatoms. The molecule has 0 aliphatic heterocycles. The maximum Gasteiger partial charge on any atom is 0.322 e. The highest BCUT2D eigenvalue weighted by Crippen LogP contribution is 2.24. The molecule has 122 valence electrons. The van der Waals surface area contributed by atoms with Gasteiger partial charge in [-0.1, -0.05) is 41.9 Å². The van der Waals surface area contributed by atoms with E-state index in [-0.39, 0.29) is 11.9 Å². The highest BCUT2D eigenvalue weighted by atomic mass is 32.2. The number of carbonyl (C=O) groups excluding carboxylic acids is 1. The van der Waals surface area contributed by atoms with E-state index >= 15 is 0 Å². The second-order valence-electron chi connectivity index (χ2n) is 5.16. The van der Waals surface area contributed by atoms with E-state index in [1.54, 1.807) is 17.8 Å². The Morgan fingerprint density at radius 3 is 2.62 bits per heavy atom. The molecule has 1 heterocycles. The molecule has 0 aliphatic carbocycles. The van der Waals surface area contributed by atoms with Crippen molar-refractivity contribution in [3.63, 3.8) is 0 Å². The number of aryl methyl sites for hydroxylation is 1. The van der Waals surface area contributed by atoms with Gasteiger partial charge in [-0.05, 0) is 36.9 Å². The van der Waals surface area contributed by atoms with Crippen LogP contribution in [0.5, 0.6) is 0 Å². The lowest BCUT2D eigenvalue weighted by Gasteiger charge is -2.06. The van der Waals surface area contributed by atoms with E-state index in [9.17, 15) is 4.79 Å². The zero-order chi connectivity index (χ0) is 16.9. The molecule has 0 spiro atoms. The number of amides is 1. The largest absolute Gasteiger partial charge is 0.403 e. The van der Waals surface area contributed by atoms with Gasteiger partial charge >= 0.3 is 6.01 Å². The minimum Gasteiger partial charge on any atom is -0.403 e. The second-order valence-corrected chi connectivity index (χ2v) is 6.47. The molecule has 1 amide bonds. The Balaban J connectivity index is 1.77. The summed E-state index contributed by atoms with van der Waals surface area (Å²) in [6, 6.07) is 15.3. The molecule has 0 radical (unpaired) electrons. The molecule has 0 saturated heterocycles. The molecule has 0 aliphatic rings. The summed E-state index contributed by atoms with van der Waals surface area (Å²) in [5.41, 5.74) is 2.56. The van der Waals surface area contributed by atoms with Crippen LogP contribution >= 0.6 is 11.8 Å². The topological polar surface area (TPSA) is 68.0 Å². The molecule has 3 aromatic rings. The van der Waals surface area contributed by atoms with Crippen molar-refractivity contribution < 1.29 is 9.21 Å². The molecular weight excluding hydrogens is 322 g/mol. The SMILES string of the molecule is CCSc1ccccc1C(=O)Nc1nnc(-c2ccc(C)cc2)o1. The van der Waals surface area contributed by atoms with Gasteiger partial charge in [0.1, 0.15) is 0 Å². The van der Waals surface area contributed by atoms with Crippen LogP contribution in [0.1, 0.15) is 22.8 Å². The Morgan fingerprint density at radius 2 is 1.88 bits per heavy atom. The highest BCUT2D eigenvalue weighted by Gasteiger charge is 2.15. The third-order valence-electron chi connectivity index (χ3n) is 3.38.